The molecule has 0 bridgehead atoms. The second-order valence-electron chi connectivity index (χ2n) is 3.59. The number of carbonyl (C=O) groups excluding carboxylic acids is 2. The monoisotopic (exact) mass is 512 g/mol. The van der Waals surface area contributed by atoms with Crippen molar-refractivity contribution in [2.75, 3.05) is 0 Å². The van der Waals surface area contributed by atoms with Crippen molar-refractivity contribution >= 4 is 35.1 Å². The van der Waals surface area contributed by atoms with Crippen molar-refractivity contribution < 1.29 is 47.5 Å². The van der Waals surface area contributed by atoms with Crippen LogP contribution in [-0.4, -0.2) is 11.9 Å². The van der Waals surface area contributed by atoms with Crippen LogP contribution in [0.15, 0.2) is 48.5 Å². The number of rotatable bonds is 2. The van der Waals surface area contributed by atoms with E-state index in [4.69, 9.17) is 23.2 Å². The van der Waals surface area contributed by atoms with E-state index < -0.39 is 11.9 Å². The number of halogens is 2. The standard InChI is InChI=1S/2C7H5ClO2.Hg/c2*8-6-3-1-5(2-4-6)7(9)10;/h2*1-4H,(H,9,10);/q;;+2/p-2. The molecule has 21 heavy (non-hydrogen) atoms. The van der Waals surface area contributed by atoms with E-state index in [1.54, 1.807) is 0 Å². The van der Waals surface area contributed by atoms with Gasteiger partial charge in [-0.1, -0.05) is 47.5 Å². The number of hydrogen-bond donors (Lipinski definition) is 0. The molecule has 0 aliphatic heterocycles. The Bertz CT molecular complexity index is 542. The topological polar surface area (TPSA) is 80.3 Å². The number of carbonyl (C=O) groups is 2. The average Bonchev–Trinajstić information content (AvgIpc) is 2.40. The molecule has 2 rings (SSSR count). The summed E-state index contributed by atoms with van der Waals surface area (Å²) in [5, 5.41) is 21.4. The van der Waals surface area contributed by atoms with E-state index in [1.807, 2.05) is 0 Å². The van der Waals surface area contributed by atoms with E-state index >= 15 is 0 Å². The molecule has 0 atom stereocenters. The normalized spacial score (nSPS) is 8.86. The molecule has 0 saturated carbocycles. The Morgan fingerprint density at radius 1 is 0.667 bits per heavy atom. The quantitative estimate of drug-likeness (QED) is 0.571. The van der Waals surface area contributed by atoms with Gasteiger partial charge < -0.3 is 19.8 Å². The third-order valence-electron chi connectivity index (χ3n) is 2.16. The maximum absolute atomic E-state index is 10.2. The van der Waals surface area contributed by atoms with Crippen molar-refractivity contribution in [1.82, 2.24) is 0 Å². The van der Waals surface area contributed by atoms with Gasteiger partial charge in [-0.25, -0.2) is 0 Å². The Balaban J connectivity index is 0.000000364. The maximum atomic E-state index is 10.2. The largest absolute Gasteiger partial charge is 2.00 e. The molecule has 0 fully saturated rings. The molecule has 7 heteroatoms. The van der Waals surface area contributed by atoms with Gasteiger partial charge in [0.1, 0.15) is 0 Å². The first-order valence-electron chi connectivity index (χ1n) is 5.34. The van der Waals surface area contributed by atoms with Crippen molar-refractivity contribution in [2.45, 2.75) is 0 Å². The summed E-state index contributed by atoms with van der Waals surface area (Å²) < 4.78 is 0. The van der Waals surface area contributed by atoms with Crippen LogP contribution in [0.3, 0.4) is 0 Å². The summed E-state index contributed by atoms with van der Waals surface area (Å²) in [6.07, 6.45) is 0. The minimum Gasteiger partial charge on any atom is -0.545 e. The van der Waals surface area contributed by atoms with Crippen LogP contribution in [-0.2, 0) is 27.7 Å². The van der Waals surface area contributed by atoms with Crippen LogP contribution in [0.2, 0.25) is 10.0 Å². The fourth-order valence-electron chi connectivity index (χ4n) is 1.17. The zero-order valence-electron chi connectivity index (χ0n) is 10.7. The molecule has 0 radical (unpaired) electrons. The van der Waals surface area contributed by atoms with E-state index in [-0.39, 0.29) is 38.8 Å². The summed E-state index contributed by atoms with van der Waals surface area (Å²) >= 11 is 11.0. The average molecular weight is 512 g/mol. The van der Waals surface area contributed by atoms with Crippen LogP contribution in [0.1, 0.15) is 20.7 Å². The molecule has 2 aromatic carbocycles. The SMILES string of the molecule is O=C([O-])c1ccc(Cl)cc1.O=C([O-])c1ccc(Cl)cc1.[Hg+2]. The van der Waals surface area contributed by atoms with Crippen molar-refractivity contribution in [3.8, 4) is 0 Å². The van der Waals surface area contributed by atoms with Crippen molar-refractivity contribution in [3.05, 3.63) is 69.7 Å². The zero-order chi connectivity index (χ0) is 15.1. The number of hydrogen-bond acceptors (Lipinski definition) is 4. The fourth-order valence-corrected chi connectivity index (χ4v) is 1.42. The maximum Gasteiger partial charge on any atom is 2.00 e. The Morgan fingerprint density at radius 2 is 0.905 bits per heavy atom. The van der Waals surface area contributed by atoms with Gasteiger partial charge in [0.2, 0.25) is 0 Å². The van der Waals surface area contributed by atoms with E-state index in [0.29, 0.717) is 10.0 Å². The molecular formula is C14H8Cl2HgO4. The summed E-state index contributed by atoms with van der Waals surface area (Å²) in [5.41, 5.74) is 0.286. The smallest absolute Gasteiger partial charge is 0.545 e. The van der Waals surface area contributed by atoms with Crippen LogP contribution in [0.4, 0.5) is 0 Å². The molecule has 0 unspecified atom stereocenters. The first-order valence-corrected chi connectivity index (χ1v) is 6.09. The summed E-state index contributed by atoms with van der Waals surface area (Å²) in [4.78, 5) is 20.3. The van der Waals surface area contributed by atoms with Crippen molar-refractivity contribution in [3.63, 3.8) is 0 Å². The summed E-state index contributed by atoms with van der Waals surface area (Å²) in [6, 6.07) is 11.6. The van der Waals surface area contributed by atoms with Crippen LogP contribution in [0, 0.1) is 0 Å². The zero-order valence-corrected chi connectivity index (χ0v) is 17.7. The minimum absolute atomic E-state index is 0. The number of benzene rings is 2. The molecule has 4 nitrogen and oxygen atoms in total. The molecule has 0 aliphatic carbocycles. The first kappa shape index (κ1) is 19.9. The minimum atomic E-state index is -1.18. The molecule has 0 amide bonds. The summed E-state index contributed by atoms with van der Waals surface area (Å²) in [5.74, 6) is -2.37. The molecule has 0 saturated heterocycles. The van der Waals surface area contributed by atoms with Crippen LogP contribution in [0.5, 0.6) is 0 Å². The molecule has 0 heterocycles. The van der Waals surface area contributed by atoms with Crippen molar-refractivity contribution in [1.29, 1.82) is 0 Å². The predicted molar refractivity (Wildman–Crippen MR) is 71.6 cm³/mol. The van der Waals surface area contributed by atoms with Gasteiger partial charge in [0.05, 0.1) is 11.9 Å². The third-order valence-corrected chi connectivity index (χ3v) is 2.66. The first-order chi connectivity index (χ1) is 9.40. The predicted octanol–water partition coefficient (Wildman–Crippen LogP) is 1.40. The second-order valence-corrected chi connectivity index (χ2v) is 4.46. The molecule has 104 valence electrons. The summed E-state index contributed by atoms with van der Waals surface area (Å²) in [7, 11) is 0. The molecular weight excluding hydrogens is 504 g/mol. The van der Waals surface area contributed by atoms with Crippen LogP contribution in [0.25, 0.3) is 0 Å². The number of carboxylic acid groups (broad SMARTS) is 2. The number of carboxylic acids is 2. The fraction of sp³-hybridized carbons (Fsp3) is 0. The Kier molecular flexibility index (Phi) is 9.25. The van der Waals surface area contributed by atoms with Gasteiger partial charge in [-0.2, -0.15) is 0 Å². The third kappa shape index (κ3) is 7.46. The molecule has 0 N–H and O–H groups in total. The number of aromatic carboxylic acids is 2. The molecule has 2 aromatic rings. The van der Waals surface area contributed by atoms with Crippen LogP contribution >= 0.6 is 23.2 Å². The van der Waals surface area contributed by atoms with Gasteiger partial charge in [-0.05, 0) is 35.4 Å². The van der Waals surface area contributed by atoms with Crippen LogP contribution < -0.4 is 10.2 Å². The second kappa shape index (κ2) is 9.76. The van der Waals surface area contributed by atoms with Gasteiger partial charge in [0.25, 0.3) is 0 Å². The van der Waals surface area contributed by atoms with Gasteiger partial charge in [0.15, 0.2) is 0 Å². The van der Waals surface area contributed by atoms with E-state index in [0.717, 1.165) is 0 Å². The van der Waals surface area contributed by atoms with Gasteiger partial charge in [-0.3, -0.25) is 0 Å². The van der Waals surface area contributed by atoms with Gasteiger partial charge in [-0.15, -0.1) is 0 Å². The van der Waals surface area contributed by atoms with Crippen molar-refractivity contribution in [2.24, 2.45) is 0 Å². The Morgan fingerprint density at radius 3 is 1.10 bits per heavy atom. The Hall–Kier alpha value is -1.10. The van der Waals surface area contributed by atoms with Gasteiger partial charge >= 0.3 is 27.7 Å². The molecule has 0 aliphatic rings. The van der Waals surface area contributed by atoms with E-state index in [1.165, 1.54) is 48.5 Å². The Labute approximate surface area is 151 Å². The van der Waals surface area contributed by atoms with Gasteiger partial charge in [0, 0.05) is 10.0 Å². The van der Waals surface area contributed by atoms with E-state index in [2.05, 4.69) is 0 Å². The summed E-state index contributed by atoms with van der Waals surface area (Å²) in [6.45, 7) is 0. The molecule has 0 aromatic heterocycles. The molecule has 0 spiro atoms. The van der Waals surface area contributed by atoms with E-state index in [9.17, 15) is 19.8 Å².